The molecule has 2 rings (SSSR count). The average Bonchev–Trinajstić information content (AvgIpc) is 2.99. The molecule has 1 N–H and O–H groups in total. The number of rotatable bonds is 6. The van der Waals surface area contributed by atoms with Crippen molar-refractivity contribution >= 4 is 0 Å². The second-order valence-corrected chi connectivity index (χ2v) is 4.42. The smallest absolute Gasteiger partial charge is 0.0416 e. The fourth-order valence-electron chi connectivity index (χ4n) is 2.12. The summed E-state index contributed by atoms with van der Waals surface area (Å²) in [7, 11) is 0. The lowest BCUT2D eigenvalue weighted by Crippen LogP contribution is -2.21. The number of pyridine rings is 1. The van der Waals surface area contributed by atoms with Gasteiger partial charge in [0.1, 0.15) is 0 Å². The third-order valence-corrected chi connectivity index (χ3v) is 3.10. The van der Waals surface area contributed by atoms with Crippen LogP contribution >= 0.6 is 0 Å². The second-order valence-electron chi connectivity index (χ2n) is 4.42. The van der Waals surface area contributed by atoms with Gasteiger partial charge in [-0.05, 0) is 30.9 Å². The highest BCUT2D eigenvalue weighted by Crippen LogP contribution is 2.34. The van der Waals surface area contributed by atoms with Gasteiger partial charge in [-0.25, -0.2) is 0 Å². The first kappa shape index (κ1) is 10.6. The van der Waals surface area contributed by atoms with Crippen LogP contribution in [-0.2, 0) is 6.42 Å². The molecular weight excluding hydrogens is 184 g/mol. The first-order valence-electron chi connectivity index (χ1n) is 6.03. The van der Waals surface area contributed by atoms with Gasteiger partial charge >= 0.3 is 0 Å². The molecule has 1 aromatic rings. The predicted molar refractivity (Wildman–Crippen MR) is 62.7 cm³/mol. The zero-order valence-corrected chi connectivity index (χ0v) is 9.45. The molecule has 0 aromatic carbocycles. The molecule has 1 heterocycles. The van der Waals surface area contributed by atoms with Gasteiger partial charge in [0.2, 0.25) is 0 Å². The van der Waals surface area contributed by atoms with E-state index in [-0.39, 0.29) is 0 Å². The molecule has 1 aromatic heterocycles. The molecule has 0 amide bonds. The SMILES string of the molecule is CCCC1CC1NCCc1ccccn1. The zero-order valence-electron chi connectivity index (χ0n) is 9.45. The Balaban J connectivity index is 1.60. The Labute approximate surface area is 92.1 Å². The van der Waals surface area contributed by atoms with E-state index < -0.39 is 0 Å². The summed E-state index contributed by atoms with van der Waals surface area (Å²) in [4.78, 5) is 4.31. The van der Waals surface area contributed by atoms with E-state index in [1.54, 1.807) is 0 Å². The number of aromatic nitrogens is 1. The lowest BCUT2D eigenvalue weighted by molar-refractivity contribution is 0.597. The third-order valence-electron chi connectivity index (χ3n) is 3.10. The van der Waals surface area contributed by atoms with Crippen LogP contribution in [0.15, 0.2) is 24.4 Å². The van der Waals surface area contributed by atoms with Crippen LogP contribution in [0.1, 0.15) is 31.9 Å². The van der Waals surface area contributed by atoms with Gasteiger partial charge in [-0.3, -0.25) is 4.98 Å². The molecule has 1 aliphatic rings. The molecule has 82 valence electrons. The number of nitrogens with zero attached hydrogens (tertiary/aromatic N) is 1. The molecule has 2 heteroatoms. The fourth-order valence-corrected chi connectivity index (χ4v) is 2.12. The van der Waals surface area contributed by atoms with Crippen LogP contribution in [0.25, 0.3) is 0 Å². The molecule has 2 nitrogen and oxygen atoms in total. The van der Waals surface area contributed by atoms with Crippen molar-refractivity contribution in [3.8, 4) is 0 Å². The number of nitrogens with one attached hydrogen (secondary N) is 1. The molecule has 0 aliphatic heterocycles. The highest BCUT2D eigenvalue weighted by molar-refractivity contribution is 5.04. The lowest BCUT2D eigenvalue weighted by Gasteiger charge is -2.03. The van der Waals surface area contributed by atoms with Crippen molar-refractivity contribution in [1.29, 1.82) is 0 Å². The quantitative estimate of drug-likeness (QED) is 0.769. The Morgan fingerprint density at radius 3 is 3.13 bits per heavy atom. The molecule has 0 spiro atoms. The van der Waals surface area contributed by atoms with Crippen LogP contribution in [-0.4, -0.2) is 17.6 Å². The summed E-state index contributed by atoms with van der Waals surface area (Å²) in [5, 5.41) is 3.60. The number of hydrogen-bond donors (Lipinski definition) is 1. The predicted octanol–water partition coefficient (Wildman–Crippen LogP) is 2.40. The topological polar surface area (TPSA) is 24.9 Å². The van der Waals surface area contributed by atoms with Crippen LogP contribution < -0.4 is 5.32 Å². The summed E-state index contributed by atoms with van der Waals surface area (Å²) in [6.07, 6.45) is 7.02. The maximum Gasteiger partial charge on any atom is 0.0416 e. The highest BCUT2D eigenvalue weighted by atomic mass is 15.0. The molecular formula is C13H20N2. The van der Waals surface area contributed by atoms with Gasteiger partial charge in [-0.2, -0.15) is 0 Å². The maximum absolute atomic E-state index is 4.31. The van der Waals surface area contributed by atoms with Gasteiger partial charge in [0, 0.05) is 30.9 Å². The second kappa shape index (κ2) is 5.26. The minimum absolute atomic E-state index is 0.800. The fraction of sp³-hybridized carbons (Fsp3) is 0.615. The molecule has 1 fully saturated rings. The van der Waals surface area contributed by atoms with Crippen molar-refractivity contribution in [2.75, 3.05) is 6.54 Å². The standard InChI is InChI=1S/C13H20N2/c1-2-5-11-10-13(11)15-9-7-12-6-3-4-8-14-12/h3-4,6,8,11,13,15H,2,5,7,9-10H2,1H3. The Morgan fingerprint density at radius 1 is 1.47 bits per heavy atom. The van der Waals surface area contributed by atoms with Crippen molar-refractivity contribution in [3.63, 3.8) is 0 Å². The lowest BCUT2D eigenvalue weighted by atomic mass is 10.2. The Hall–Kier alpha value is -0.890. The first-order chi connectivity index (χ1) is 7.40. The van der Waals surface area contributed by atoms with Crippen LogP contribution in [0.4, 0.5) is 0 Å². The molecule has 0 saturated heterocycles. The molecule has 0 radical (unpaired) electrons. The van der Waals surface area contributed by atoms with Gasteiger partial charge in [-0.15, -0.1) is 0 Å². The van der Waals surface area contributed by atoms with E-state index >= 15 is 0 Å². The van der Waals surface area contributed by atoms with E-state index in [4.69, 9.17) is 0 Å². The zero-order chi connectivity index (χ0) is 10.5. The van der Waals surface area contributed by atoms with Crippen molar-refractivity contribution < 1.29 is 0 Å². The molecule has 1 saturated carbocycles. The monoisotopic (exact) mass is 204 g/mol. The van der Waals surface area contributed by atoms with E-state index in [0.29, 0.717) is 0 Å². The minimum Gasteiger partial charge on any atom is -0.313 e. The molecule has 2 unspecified atom stereocenters. The van der Waals surface area contributed by atoms with Crippen molar-refractivity contribution in [2.45, 2.75) is 38.6 Å². The van der Waals surface area contributed by atoms with Gasteiger partial charge < -0.3 is 5.32 Å². The van der Waals surface area contributed by atoms with Gasteiger partial charge in [0.25, 0.3) is 0 Å². The van der Waals surface area contributed by atoms with E-state index in [2.05, 4.69) is 29.4 Å². The Morgan fingerprint density at radius 2 is 2.40 bits per heavy atom. The van der Waals surface area contributed by atoms with Crippen molar-refractivity contribution in [1.82, 2.24) is 10.3 Å². The summed E-state index contributed by atoms with van der Waals surface area (Å²) in [6.45, 7) is 3.34. The molecule has 2 atom stereocenters. The summed E-state index contributed by atoms with van der Waals surface area (Å²) >= 11 is 0. The summed E-state index contributed by atoms with van der Waals surface area (Å²) < 4.78 is 0. The summed E-state index contributed by atoms with van der Waals surface area (Å²) in [5.41, 5.74) is 1.19. The largest absolute Gasteiger partial charge is 0.313 e. The average molecular weight is 204 g/mol. The van der Waals surface area contributed by atoms with Crippen molar-refractivity contribution in [3.05, 3.63) is 30.1 Å². The van der Waals surface area contributed by atoms with E-state index in [1.165, 1.54) is 25.0 Å². The van der Waals surface area contributed by atoms with E-state index in [1.807, 2.05) is 12.3 Å². The summed E-state index contributed by atoms with van der Waals surface area (Å²) in [5.74, 6) is 0.957. The minimum atomic E-state index is 0.800. The van der Waals surface area contributed by atoms with Crippen LogP contribution in [0.2, 0.25) is 0 Å². The van der Waals surface area contributed by atoms with Gasteiger partial charge in [0.15, 0.2) is 0 Å². The molecule has 1 aliphatic carbocycles. The Bertz CT molecular complexity index is 284. The normalized spacial score (nSPS) is 24.1. The Kier molecular flexibility index (Phi) is 3.73. The van der Waals surface area contributed by atoms with Crippen LogP contribution in [0.5, 0.6) is 0 Å². The molecule has 0 bridgehead atoms. The van der Waals surface area contributed by atoms with Crippen LogP contribution in [0.3, 0.4) is 0 Å². The van der Waals surface area contributed by atoms with Gasteiger partial charge in [-0.1, -0.05) is 19.4 Å². The van der Waals surface area contributed by atoms with Gasteiger partial charge in [0.05, 0.1) is 0 Å². The van der Waals surface area contributed by atoms with E-state index in [9.17, 15) is 0 Å². The van der Waals surface area contributed by atoms with Crippen molar-refractivity contribution in [2.24, 2.45) is 5.92 Å². The first-order valence-corrected chi connectivity index (χ1v) is 6.03. The highest BCUT2D eigenvalue weighted by Gasteiger charge is 2.34. The maximum atomic E-state index is 4.31. The van der Waals surface area contributed by atoms with Crippen LogP contribution in [0, 0.1) is 5.92 Å². The van der Waals surface area contributed by atoms with E-state index in [0.717, 1.165) is 24.9 Å². The molecule has 15 heavy (non-hydrogen) atoms. The number of hydrogen-bond acceptors (Lipinski definition) is 2. The third kappa shape index (κ3) is 3.31. The summed E-state index contributed by atoms with van der Waals surface area (Å²) in [6, 6.07) is 6.92.